The Balaban J connectivity index is 2.11. The van der Waals surface area contributed by atoms with E-state index in [0.29, 0.717) is 5.78 Å². The number of carbonyl (C=O) groups is 1. The molecule has 0 amide bonds. The van der Waals surface area contributed by atoms with E-state index in [1.807, 2.05) is 0 Å². The van der Waals surface area contributed by atoms with Gasteiger partial charge in [-0.25, -0.2) is 0 Å². The smallest absolute Gasteiger partial charge is 0.139 e. The van der Waals surface area contributed by atoms with Crippen molar-refractivity contribution in [2.45, 2.75) is 38.5 Å². The van der Waals surface area contributed by atoms with Crippen LogP contribution >= 0.6 is 0 Å². The lowest BCUT2D eigenvalue weighted by Gasteiger charge is -2.12. The molecule has 0 aromatic heterocycles. The van der Waals surface area contributed by atoms with Crippen LogP contribution in [0.15, 0.2) is 12.2 Å². The summed E-state index contributed by atoms with van der Waals surface area (Å²) in [6, 6.07) is 0. The van der Waals surface area contributed by atoms with Gasteiger partial charge in [0.05, 0.1) is 0 Å². The highest BCUT2D eigenvalue weighted by Crippen LogP contribution is 2.51. The maximum Gasteiger partial charge on any atom is 0.139 e. The second kappa shape index (κ2) is 2.47. The number of ketones is 1. The van der Waals surface area contributed by atoms with Crippen molar-refractivity contribution in [1.29, 1.82) is 0 Å². The molecule has 0 bridgehead atoms. The SMILES string of the molecule is O=C1CCC/C=C\CC12CC2. The van der Waals surface area contributed by atoms with Gasteiger partial charge in [-0.05, 0) is 32.1 Å². The van der Waals surface area contributed by atoms with Crippen molar-refractivity contribution in [3.8, 4) is 0 Å². The Hall–Kier alpha value is -0.590. The molecule has 0 aromatic carbocycles. The normalized spacial score (nSPS) is 31.1. The molecule has 2 aliphatic rings. The van der Waals surface area contributed by atoms with Crippen molar-refractivity contribution in [2.24, 2.45) is 5.41 Å². The number of hydrogen-bond donors (Lipinski definition) is 0. The monoisotopic (exact) mass is 150 g/mol. The Morgan fingerprint density at radius 1 is 1.27 bits per heavy atom. The molecule has 0 saturated heterocycles. The van der Waals surface area contributed by atoms with Crippen molar-refractivity contribution in [1.82, 2.24) is 0 Å². The number of rotatable bonds is 0. The van der Waals surface area contributed by atoms with Gasteiger partial charge >= 0.3 is 0 Å². The molecule has 2 rings (SSSR count). The van der Waals surface area contributed by atoms with E-state index in [9.17, 15) is 4.79 Å². The van der Waals surface area contributed by atoms with E-state index in [-0.39, 0.29) is 5.41 Å². The highest BCUT2D eigenvalue weighted by molar-refractivity contribution is 5.87. The third-order valence-electron chi connectivity index (χ3n) is 2.89. The van der Waals surface area contributed by atoms with Gasteiger partial charge in [-0.2, -0.15) is 0 Å². The van der Waals surface area contributed by atoms with Crippen LogP contribution in [0.3, 0.4) is 0 Å². The zero-order valence-corrected chi connectivity index (χ0v) is 6.81. The van der Waals surface area contributed by atoms with E-state index in [0.717, 1.165) is 38.5 Å². The summed E-state index contributed by atoms with van der Waals surface area (Å²) < 4.78 is 0. The number of Topliss-reactive ketones (excluding diaryl/α,β-unsaturated/α-hetero) is 1. The molecule has 1 heteroatoms. The van der Waals surface area contributed by atoms with Gasteiger partial charge < -0.3 is 0 Å². The molecule has 0 unspecified atom stereocenters. The molecule has 0 aromatic rings. The van der Waals surface area contributed by atoms with Gasteiger partial charge in [0, 0.05) is 11.8 Å². The summed E-state index contributed by atoms with van der Waals surface area (Å²) in [4.78, 5) is 11.5. The lowest BCUT2D eigenvalue weighted by atomic mass is 9.91. The molecule has 60 valence electrons. The molecule has 11 heavy (non-hydrogen) atoms. The van der Waals surface area contributed by atoms with Crippen LogP contribution in [0.1, 0.15) is 38.5 Å². The largest absolute Gasteiger partial charge is 0.299 e. The lowest BCUT2D eigenvalue weighted by Crippen LogP contribution is -2.15. The molecule has 0 heterocycles. The summed E-state index contributed by atoms with van der Waals surface area (Å²) in [5, 5.41) is 0. The van der Waals surface area contributed by atoms with E-state index in [1.54, 1.807) is 0 Å². The topological polar surface area (TPSA) is 17.1 Å². The lowest BCUT2D eigenvalue weighted by molar-refractivity contribution is -0.124. The van der Waals surface area contributed by atoms with E-state index in [1.165, 1.54) is 0 Å². The summed E-state index contributed by atoms with van der Waals surface area (Å²) in [6.45, 7) is 0. The Morgan fingerprint density at radius 3 is 2.82 bits per heavy atom. The van der Waals surface area contributed by atoms with Gasteiger partial charge in [0.1, 0.15) is 5.78 Å². The van der Waals surface area contributed by atoms with E-state index in [4.69, 9.17) is 0 Å². The van der Waals surface area contributed by atoms with Gasteiger partial charge in [0.2, 0.25) is 0 Å². The maximum atomic E-state index is 11.5. The van der Waals surface area contributed by atoms with Crippen LogP contribution in [0.25, 0.3) is 0 Å². The van der Waals surface area contributed by atoms with E-state index >= 15 is 0 Å². The van der Waals surface area contributed by atoms with Crippen LogP contribution < -0.4 is 0 Å². The minimum atomic E-state index is 0.136. The highest BCUT2D eigenvalue weighted by atomic mass is 16.1. The zero-order valence-electron chi connectivity index (χ0n) is 6.81. The predicted octanol–water partition coefficient (Wildman–Crippen LogP) is 2.47. The molecule has 2 aliphatic carbocycles. The average Bonchev–Trinajstić information content (AvgIpc) is 2.74. The molecular formula is C10H14O. The standard InChI is InChI=1S/C10H14O/c11-9-5-3-1-2-4-6-10(9)7-8-10/h2,4H,1,3,5-8H2/b4-2-. The Bertz CT molecular complexity index is 199. The summed E-state index contributed by atoms with van der Waals surface area (Å²) in [7, 11) is 0. The van der Waals surface area contributed by atoms with Crippen LogP contribution in [0.5, 0.6) is 0 Å². The van der Waals surface area contributed by atoms with Crippen molar-refractivity contribution < 1.29 is 4.79 Å². The van der Waals surface area contributed by atoms with Gasteiger partial charge in [-0.3, -0.25) is 4.79 Å². The van der Waals surface area contributed by atoms with Crippen molar-refractivity contribution in [2.75, 3.05) is 0 Å². The molecule has 0 atom stereocenters. The fourth-order valence-corrected chi connectivity index (χ4v) is 1.82. The highest BCUT2D eigenvalue weighted by Gasteiger charge is 2.47. The predicted molar refractivity (Wildman–Crippen MR) is 44.3 cm³/mol. The van der Waals surface area contributed by atoms with Crippen molar-refractivity contribution in [3.63, 3.8) is 0 Å². The number of carbonyl (C=O) groups excluding carboxylic acids is 1. The zero-order chi connectivity index (χ0) is 7.73. The summed E-state index contributed by atoms with van der Waals surface area (Å²) in [5.41, 5.74) is 0.136. The summed E-state index contributed by atoms with van der Waals surface area (Å²) >= 11 is 0. The maximum absolute atomic E-state index is 11.5. The van der Waals surface area contributed by atoms with E-state index < -0.39 is 0 Å². The first-order valence-corrected chi connectivity index (χ1v) is 4.52. The van der Waals surface area contributed by atoms with Crippen molar-refractivity contribution >= 4 is 5.78 Å². The minimum absolute atomic E-state index is 0.136. The van der Waals surface area contributed by atoms with E-state index in [2.05, 4.69) is 12.2 Å². The molecule has 0 N–H and O–H groups in total. The molecule has 1 fully saturated rings. The summed E-state index contributed by atoms with van der Waals surface area (Å²) in [6.07, 6.45) is 10.7. The minimum Gasteiger partial charge on any atom is -0.299 e. The van der Waals surface area contributed by atoms with Crippen LogP contribution in [0.2, 0.25) is 0 Å². The molecule has 1 saturated carbocycles. The van der Waals surface area contributed by atoms with Gasteiger partial charge in [-0.1, -0.05) is 12.2 Å². The third kappa shape index (κ3) is 1.24. The van der Waals surface area contributed by atoms with Gasteiger partial charge in [-0.15, -0.1) is 0 Å². The molecule has 1 spiro atoms. The fourth-order valence-electron chi connectivity index (χ4n) is 1.82. The average molecular weight is 150 g/mol. The second-order valence-corrected chi connectivity index (χ2v) is 3.77. The van der Waals surface area contributed by atoms with Crippen LogP contribution in [-0.4, -0.2) is 5.78 Å². The first-order valence-electron chi connectivity index (χ1n) is 4.52. The molecule has 0 radical (unpaired) electrons. The first-order chi connectivity index (χ1) is 5.33. The Labute approximate surface area is 67.5 Å². The summed E-state index contributed by atoms with van der Waals surface area (Å²) in [5.74, 6) is 0.529. The number of allylic oxidation sites excluding steroid dienone is 2. The van der Waals surface area contributed by atoms with Crippen LogP contribution in [0.4, 0.5) is 0 Å². The van der Waals surface area contributed by atoms with Crippen LogP contribution in [-0.2, 0) is 4.79 Å². The quantitative estimate of drug-likeness (QED) is 0.485. The number of hydrogen-bond acceptors (Lipinski definition) is 1. The van der Waals surface area contributed by atoms with Gasteiger partial charge in [0.25, 0.3) is 0 Å². The fraction of sp³-hybridized carbons (Fsp3) is 0.700. The Morgan fingerprint density at radius 2 is 2.09 bits per heavy atom. The first kappa shape index (κ1) is 7.08. The second-order valence-electron chi connectivity index (χ2n) is 3.77. The third-order valence-corrected chi connectivity index (χ3v) is 2.89. The molecule has 1 nitrogen and oxygen atoms in total. The molecular weight excluding hydrogens is 136 g/mol. The Kier molecular flexibility index (Phi) is 1.59. The molecule has 0 aliphatic heterocycles. The van der Waals surface area contributed by atoms with Gasteiger partial charge in [0.15, 0.2) is 0 Å². The van der Waals surface area contributed by atoms with Crippen LogP contribution in [0, 0.1) is 5.41 Å². The van der Waals surface area contributed by atoms with Crippen molar-refractivity contribution in [3.05, 3.63) is 12.2 Å².